The number of aromatic nitrogens is 2. The van der Waals surface area contributed by atoms with Gasteiger partial charge in [0.1, 0.15) is 5.15 Å². The zero-order valence-electron chi connectivity index (χ0n) is 9.09. The van der Waals surface area contributed by atoms with E-state index in [4.69, 9.17) is 16.9 Å². The lowest BCUT2D eigenvalue weighted by atomic mass is 10.1. The molecule has 2 rings (SSSR count). The Labute approximate surface area is 108 Å². The van der Waals surface area contributed by atoms with Gasteiger partial charge in [-0.15, -0.1) is 0 Å². The van der Waals surface area contributed by atoms with Crippen molar-refractivity contribution in [3.8, 4) is 6.07 Å². The molecule has 1 aromatic carbocycles. The van der Waals surface area contributed by atoms with Crippen LogP contribution in [0.1, 0.15) is 15.9 Å². The Bertz CT molecular complexity index is 619. The standard InChI is InChI=1S/C12H7ClN4O/c13-10-6-16-11(7-15-10)17-12(18)9-3-1-2-8(4-9)5-14/h1-4,6-7H,(H,16,17,18). The minimum absolute atomic E-state index is 0.250. The summed E-state index contributed by atoms with van der Waals surface area (Å²) in [5.41, 5.74) is 0.802. The number of nitrogens with zero attached hydrogens (tertiary/aromatic N) is 3. The van der Waals surface area contributed by atoms with E-state index < -0.39 is 0 Å². The Kier molecular flexibility index (Phi) is 3.51. The van der Waals surface area contributed by atoms with Crippen LogP contribution in [0.5, 0.6) is 0 Å². The molecule has 0 bridgehead atoms. The zero-order valence-corrected chi connectivity index (χ0v) is 9.85. The van der Waals surface area contributed by atoms with Crippen LogP contribution in [0.15, 0.2) is 36.7 Å². The average molecular weight is 259 g/mol. The van der Waals surface area contributed by atoms with Crippen LogP contribution in [0.25, 0.3) is 0 Å². The summed E-state index contributed by atoms with van der Waals surface area (Å²) in [5, 5.41) is 11.6. The summed E-state index contributed by atoms with van der Waals surface area (Å²) in [5.74, 6) is -0.0597. The normalized spacial score (nSPS) is 9.56. The molecule has 1 heterocycles. The van der Waals surface area contributed by atoms with Gasteiger partial charge >= 0.3 is 0 Å². The molecule has 1 amide bonds. The summed E-state index contributed by atoms with van der Waals surface area (Å²) >= 11 is 5.58. The average Bonchev–Trinajstić information content (AvgIpc) is 2.41. The number of nitrogens with one attached hydrogen (secondary N) is 1. The quantitative estimate of drug-likeness (QED) is 0.896. The topological polar surface area (TPSA) is 78.7 Å². The van der Waals surface area contributed by atoms with Crippen molar-refractivity contribution in [1.29, 1.82) is 5.26 Å². The predicted molar refractivity (Wildman–Crippen MR) is 66.2 cm³/mol. The number of carbonyl (C=O) groups is 1. The molecule has 0 aliphatic rings. The highest BCUT2D eigenvalue weighted by molar-refractivity contribution is 6.29. The van der Waals surface area contributed by atoms with Gasteiger partial charge in [-0.2, -0.15) is 5.26 Å². The third-order valence-corrected chi connectivity index (χ3v) is 2.31. The molecule has 1 N–H and O–H groups in total. The van der Waals surface area contributed by atoms with Gasteiger partial charge in [-0.25, -0.2) is 9.97 Å². The van der Waals surface area contributed by atoms with Crippen LogP contribution in [-0.4, -0.2) is 15.9 Å². The van der Waals surface area contributed by atoms with Crippen LogP contribution in [0, 0.1) is 11.3 Å². The van der Waals surface area contributed by atoms with E-state index in [0.717, 1.165) is 0 Å². The Hall–Kier alpha value is -2.45. The van der Waals surface area contributed by atoms with E-state index in [2.05, 4.69) is 15.3 Å². The molecular formula is C12H7ClN4O. The van der Waals surface area contributed by atoms with Crippen molar-refractivity contribution in [3.63, 3.8) is 0 Å². The van der Waals surface area contributed by atoms with Gasteiger partial charge in [-0.05, 0) is 18.2 Å². The highest BCUT2D eigenvalue weighted by Gasteiger charge is 2.07. The van der Waals surface area contributed by atoms with Gasteiger partial charge in [-0.3, -0.25) is 4.79 Å². The molecule has 0 spiro atoms. The Balaban J connectivity index is 2.17. The third-order valence-electron chi connectivity index (χ3n) is 2.12. The molecule has 18 heavy (non-hydrogen) atoms. The first kappa shape index (κ1) is 12.0. The predicted octanol–water partition coefficient (Wildman–Crippen LogP) is 2.25. The van der Waals surface area contributed by atoms with Gasteiger partial charge < -0.3 is 5.32 Å². The Morgan fingerprint density at radius 2 is 2.17 bits per heavy atom. The lowest BCUT2D eigenvalue weighted by molar-refractivity contribution is 0.102. The van der Waals surface area contributed by atoms with Gasteiger partial charge in [0.05, 0.1) is 24.0 Å². The van der Waals surface area contributed by atoms with Gasteiger partial charge in [-0.1, -0.05) is 17.7 Å². The number of hydrogen-bond acceptors (Lipinski definition) is 4. The molecular weight excluding hydrogens is 252 g/mol. The molecule has 0 fully saturated rings. The molecule has 5 nitrogen and oxygen atoms in total. The number of carbonyl (C=O) groups excluding carboxylic acids is 1. The van der Waals surface area contributed by atoms with Gasteiger partial charge in [0, 0.05) is 5.56 Å². The van der Waals surface area contributed by atoms with E-state index in [1.165, 1.54) is 18.5 Å². The number of amides is 1. The first-order chi connectivity index (χ1) is 8.69. The summed E-state index contributed by atoms with van der Waals surface area (Å²) in [7, 11) is 0. The SMILES string of the molecule is N#Cc1cccc(C(=O)Nc2cnc(Cl)cn2)c1. The third kappa shape index (κ3) is 2.81. The van der Waals surface area contributed by atoms with Crippen molar-refractivity contribution >= 4 is 23.3 Å². The second-order valence-corrected chi connectivity index (χ2v) is 3.76. The molecule has 0 aliphatic carbocycles. The zero-order chi connectivity index (χ0) is 13.0. The first-order valence-corrected chi connectivity index (χ1v) is 5.36. The second-order valence-electron chi connectivity index (χ2n) is 3.37. The minimum Gasteiger partial charge on any atom is -0.305 e. The molecule has 0 unspecified atom stereocenters. The van der Waals surface area contributed by atoms with E-state index in [1.54, 1.807) is 18.2 Å². The van der Waals surface area contributed by atoms with Crippen LogP contribution >= 0.6 is 11.6 Å². The van der Waals surface area contributed by atoms with Crippen molar-refractivity contribution in [1.82, 2.24) is 9.97 Å². The summed E-state index contributed by atoms with van der Waals surface area (Å²) in [4.78, 5) is 19.5. The maximum atomic E-state index is 11.8. The number of halogens is 1. The summed E-state index contributed by atoms with van der Waals surface area (Å²) in [6, 6.07) is 8.34. The van der Waals surface area contributed by atoms with Crippen molar-refractivity contribution in [2.24, 2.45) is 0 Å². The Morgan fingerprint density at radius 3 is 2.83 bits per heavy atom. The number of benzene rings is 1. The molecule has 0 radical (unpaired) electrons. The number of anilines is 1. The molecule has 6 heteroatoms. The van der Waals surface area contributed by atoms with Gasteiger partial charge in [0.25, 0.3) is 5.91 Å². The molecule has 0 atom stereocenters. The summed E-state index contributed by atoms with van der Waals surface area (Å²) in [6.07, 6.45) is 2.69. The molecule has 1 aromatic heterocycles. The van der Waals surface area contributed by atoms with Crippen LogP contribution < -0.4 is 5.32 Å². The van der Waals surface area contributed by atoms with Crippen molar-refractivity contribution < 1.29 is 4.79 Å². The smallest absolute Gasteiger partial charge is 0.256 e. The maximum Gasteiger partial charge on any atom is 0.256 e. The molecule has 0 aliphatic heterocycles. The Morgan fingerprint density at radius 1 is 1.33 bits per heavy atom. The highest BCUT2D eigenvalue weighted by Crippen LogP contribution is 2.09. The fraction of sp³-hybridized carbons (Fsp3) is 0. The number of rotatable bonds is 2. The highest BCUT2D eigenvalue weighted by atomic mass is 35.5. The van der Waals surface area contributed by atoms with Crippen LogP contribution in [0.2, 0.25) is 5.15 Å². The molecule has 0 saturated carbocycles. The van der Waals surface area contributed by atoms with Gasteiger partial charge in [0.2, 0.25) is 0 Å². The van der Waals surface area contributed by atoms with Crippen molar-refractivity contribution in [3.05, 3.63) is 52.9 Å². The van der Waals surface area contributed by atoms with Crippen LogP contribution in [0.3, 0.4) is 0 Å². The largest absolute Gasteiger partial charge is 0.305 e. The van der Waals surface area contributed by atoms with Crippen LogP contribution in [-0.2, 0) is 0 Å². The van der Waals surface area contributed by atoms with E-state index in [0.29, 0.717) is 16.9 Å². The fourth-order valence-corrected chi connectivity index (χ4v) is 1.39. The molecule has 2 aromatic rings. The first-order valence-electron chi connectivity index (χ1n) is 4.98. The lowest BCUT2D eigenvalue weighted by Crippen LogP contribution is -2.13. The van der Waals surface area contributed by atoms with E-state index in [1.807, 2.05) is 6.07 Å². The van der Waals surface area contributed by atoms with E-state index in [-0.39, 0.29) is 11.1 Å². The fourth-order valence-electron chi connectivity index (χ4n) is 1.30. The minimum atomic E-state index is -0.358. The lowest BCUT2D eigenvalue weighted by Gasteiger charge is -2.03. The van der Waals surface area contributed by atoms with Crippen LogP contribution in [0.4, 0.5) is 5.82 Å². The van der Waals surface area contributed by atoms with E-state index >= 15 is 0 Å². The van der Waals surface area contributed by atoms with Crippen molar-refractivity contribution in [2.45, 2.75) is 0 Å². The summed E-state index contributed by atoms with van der Waals surface area (Å²) in [6.45, 7) is 0. The summed E-state index contributed by atoms with van der Waals surface area (Å²) < 4.78 is 0. The van der Waals surface area contributed by atoms with Crippen molar-refractivity contribution in [2.75, 3.05) is 5.32 Å². The monoisotopic (exact) mass is 258 g/mol. The molecule has 88 valence electrons. The maximum absolute atomic E-state index is 11.8. The molecule has 0 saturated heterocycles. The van der Waals surface area contributed by atoms with E-state index in [9.17, 15) is 4.79 Å². The van der Waals surface area contributed by atoms with Gasteiger partial charge in [0.15, 0.2) is 5.82 Å². The number of hydrogen-bond donors (Lipinski definition) is 1. The second kappa shape index (κ2) is 5.25. The number of nitriles is 1.